The van der Waals surface area contributed by atoms with E-state index in [9.17, 15) is 13.2 Å². The number of aromatic nitrogens is 2. The van der Waals surface area contributed by atoms with E-state index in [1.54, 1.807) is 7.05 Å². The van der Waals surface area contributed by atoms with Crippen LogP contribution in [-0.4, -0.2) is 15.5 Å². The number of aryl methyl sites for hydroxylation is 1. The standard InChI is InChI=1S/C8H9F3N2S.C2H6/c1-13-6-2-3-14-4-5(6)7(12-13)8(9,10)11;1-2/h2-4H2,1H3;1-2H3. The highest BCUT2D eigenvalue weighted by molar-refractivity contribution is 7.98. The third-order valence-electron chi connectivity index (χ3n) is 2.27. The Hall–Kier alpha value is -0.650. The average molecular weight is 252 g/mol. The maximum absolute atomic E-state index is 12.5. The summed E-state index contributed by atoms with van der Waals surface area (Å²) in [5, 5.41) is 3.54. The van der Waals surface area contributed by atoms with Gasteiger partial charge in [-0.15, -0.1) is 0 Å². The Balaban J connectivity index is 0.000000606. The topological polar surface area (TPSA) is 17.8 Å². The molecule has 2 nitrogen and oxygen atoms in total. The van der Waals surface area contributed by atoms with Crippen molar-refractivity contribution in [3.8, 4) is 0 Å². The molecule has 1 aromatic heterocycles. The minimum Gasteiger partial charge on any atom is -0.272 e. The minimum absolute atomic E-state index is 0.372. The van der Waals surface area contributed by atoms with Crippen molar-refractivity contribution < 1.29 is 13.2 Å². The van der Waals surface area contributed by atoms with Crippen molar-refractivity contribution in [1.82, 2.24) is 9.78 Å². The number of halogens is 3. The second kappa shape index (κ2) is 5.12. The molecule has 2 heterocycles. The number of thioether (sulfide) groups is 1. The van der Waals surface area contributed by atoms with Crippen molar-refractivity contribution in [3.05, 3.63) is 17.0 Å². The molecule has 0 bridgehead atoms. The van der Waals surface area contributed by atoms with Gasteiger partial charge in [-0.2, -0.15) is 30.0 Å². The predicted octanol–water partition coefficient (Wildman–Crippen LogP) is 3.25. The number of hydrogen-bond donors (Lipinski definition) is 0. The van der Waals surface area contributed by atoms with E-state index in [0.717, 1.165) is 11.4 Å². The highest BCUT2D eigenvalue weighted by Gasteiger charge is 2.39. The lowest BCUT2D eigenvalue weighted by molar-refractivity contribution is -0.141. The molecular weight excluding hydrogens is 237 g/mol. The maximum atomic E-state index is 12.5. The van der Waals surface area contributed by atoms with E-state index in [1.807, 2.05) is 13.8 Å². The summed E-state index contributed by atoms with van der Waals surface area (Å²) in [6.07, 6.45) is -3.64. The minimum atomic E-state index is -4.32. The fourth-order valence-electron chi connectivity index (χ4n) is 1.64. The van der Waals surface area contributed by atoms with Crippen molar-refractivity contribution in [2.24, 2.45) is 7.05 Å². The van der Waals surface area contributed by atoms with Crippen molar-refractivity contribution in [2.75, 3.05) is 5.75 Å². The Kier molecular flexibility index (Phi) is 4.29. The Bertz CT molecular complexity index is 358. The number of nitrogens with zero attached hydrogens (tertiary/aromatic N) is 2. The van der Waals surface area contributed by atoms with Crippen molar-refractivity contribution in [1.29, 1.82) is 0 Å². The smallest absolute Gasteiger partial charge is 0.272 e. The Labute approximate surface area is 97.2 Å². The first-order valence-corrected chi connectivity index (χ1v) is 6.35. The highest BCUT2D eigenvalue weighted by Crippen LogP contribution is 2.36. The molecule has 2 rings (SSSR count). The van der Waals surface area contributed by atoms with Gasteiger partial charge < -0.3 is 0 Å². The first-order valence-electron chi connectivity index (χ1n) is 5.20. The molecule has 0 spiro atoms. The molecule has 0 radical (unpaired) electrons. The lowest BCUT2D eigenvalue weighted by atomic mass is 10.1. The van der Waals surface area contributed by atoms with Gasteiger partial charge in [0, 0.05) is 24.1 Å². The van der Waals surface area contributed by atoms with Gasteiger partial charge in [0.15, 0.2) is 5.69 Å². The lowest BCUT2D eigenvalue weighted by Crippen LogP contribution is -2.10. The van der Waals surface area contributed by atoms with E-state index in [2.05, 4.69) is 5.10 Å². The van der Waals surface area contributed by atoms with Crippen LogP contribution in [-0.2, 0) is 25.4 Å². The van der Waals surface area contributed by atoms with Gasteiger partial charge >= 0.3 is 6.18 Å². The summed E-state index contributed by atoms with van der Waals surface area (Å²) in [5.74, 6) is 1.31. The Morgan fingerprint density at radius 2 is 1.94 bits per heavy atom. The second-order valence-electron chi connectivity index (χ2n) is 3.20. The van der Waals surface area contributed by atoms with Crippen LogP contribution in [0.4, 0.5) is 13.2 Å². The molecule has 0 aliphatic carbocycles. The summed E-state index contributed by atoms with van der Waals surface area (Å²) < 4.78 is 38.9. The van der Waals surface area contributed by atoms with E-state index in [1.165, 1.54) is 16.4 Å². The molecule has 1 aliphatic heterocycles. The van der Waals surface area contributed by atoms with Gasteiger partial charge in [-0.25, -0.2) is 0 Å². The van der Waals surface area contributed by atoms with Gasteiger partial charge in [-0.05, 0) is 12.2 Å². The van der Waals surface area contributed by atoms with Gasteiger partial charge in [0.1, 0.15) is 0 Å². The normalized spacial score (nSPS) is 15.1. The Morgan fingerprint density at radius 3 is 2.50 bits per heavy atom. The third-order valence-corrected chi connectivity index (χ3v) is 3.26. The molecule has 92 valence electrons. The zero-order valence-corrected chi connectivity index (χ0v) is 10.4. The molecule has 0 aromatic carbocycles. The molecular formula is C10H15F3N2S. The summed E-state index contributed by atoms with van der Waals surface area (Å²) in [7, 11) is 1.57. The maximum Gasteiger partial charge on any atom is 0.435 e. The summed E-state index contributed by atoms with van der Waals surface area (Å²) >= 11 is 1.53. The number of hydrogen-bond acceptors (Lipinski definition) is 2. The predicted molar refractivity (Wildman–Crippen MR) is 59.4 cm³/mol. The van der Waals surface area contributed by atoms with E-state index in [-0.39, 0.29) is 0 Å². The van der Waals surface area contributed by atoms with Gasteiger partial charge in [0.05, 0.1) is 0 Å². The van der Waals surface area contributed by atoms with Gasteiger partial charge in [-0.3, -0.25) is 4.68 Å². The largest absolute Gasteiger partial charge is 0.435 e. The van der Waals surface area contributed by atoms with Crippen LogP contribution in [0.5, 0.6) is 0 Å². The molecule has 0 saturated carbocycles. The quantitative estimate of drug-likeness (QED) is 0.705. The fourth-order valence-corrected chi connectivity index (χ4v) is 2.63. The highest BCUT2D eigenvalue weighted by atomic mass is 32.2. The molecule has 0 atom stereocenters. The summed E-state index contributed by atoms with van der Waals surface area (Å²) in [5.41, 5.74) is 0.398. The first kappa shape index (κ1) is 13.4. The van der Waals surface area contributed by atoms with Crippen LogP contribution < -0.4 is 0 Å². The summed E-state index contributed by atoms with van der Waals surface area (Å²) in [4.78, 5) is 0. The molecule has 0 unspecified atom stereocenters. The zero-order chi connectivity index (χ0) is 12.3. The van der Waals surface area contributed by atoms with Crippen LogP contribution in [0.2, 0.25) is 0 Å². The Morgan fingerprint density at radius 1 is 1.31 bits per heavy atom. The SMILES string of the molecule is CC.Cn1nc(C(F)(F)F)c2c1CCSC2. The monoisotopic (exact) mass is 252 g/mol. The molecule has 0 N–H and O–H groups in total. The average Bonchev–Trinajstić information content (AvgIpc) is 2.60. The first-order chi connectivity index (χ1) is 7.50. The number of fused-ring (bicyclic) bond motifs is 1. The van der Waals surface area contributed by atoms with Crippen LogP contribution in [0.1, 0.15) is 30.8 Å². The molecule has 16 heavy (non-hydrogen) atoms. The van der Waals surface area contributed by atoms with Crippen molar-refractivity contribution in [3.63, 3.8) is 0 Å². The van der Waals surface area contributed by atoms with E-state index >= 15 is 0 Å². The summed E-state index contributed by atoms with van der Waals surface area (Å²) in [6, 6.07) is 0. The molecule has 0 fully saturated rings. The van der Waals surface area contributed by atoms with E-state index in [4.69, 9.17) is 0 Å². The second-order valence-corrected chi connectivity index (χ2v) is 4.30. The molecule has 0 saturated heterocycles. The van der Waals surface area contributed by atoms with E-state index in [0.29, 0.717) is 17.7 Å². The number of rotatable bonds is 0. The molecule has 6 heteroatoms. The molecule has 1 aliphatic rings. The molecule has 0 amide bonds. The zero-order valence-electron chi connectivity index (χ0n) is 9.56. The van der Waals surface area contributed by atoms with Crippen LogP contribution in [0.3, 0.4) is 0 Å². The fraction of sp³-hybridized carbons (Fsp3) is 0.700. The van der Waals surface area contributed by atoms with Crippen molar-refractivity contribution in [2.45, 2.75) is 32.2 Å². The van der Waals surface area contributed by atoms with Crippen LogP contribution in [0, 0.1) is 0 Å². The van der Waals surface area contributed by atoms with Crippen LogP contribution >= 0.6 is 11.8 Å². The van der Waals surface area contributed by atoms with Gasteiger partial charge in [0.2, 0.25) is 0 Å². The number of alkyl halides is 3. The van der Waals surface area contributed by atoms with Crippen molar-refractivity contribution >= 4 is 11.8 Å². The third kappa shape index (κ3) is 2.53. The molecule has 1 aromatic rings. The lowest BCUT2D eigenvalue weighted by Gasteiger charge is -2.12. The van der Waals surface area contributed by atoms with Gasteiger partial charge in [-0.1, -0.05) is 13.8 Å². The van der Waals surface area contributed by atoms with E-state index < -0.39 is 11.9 Å². The van der Waals surface area contributed by atoms with Crippen LogP contribution in [0.15, 0.2) is 0 Å². The van der Waals surface area contributed by atoms with Gasteiger partial charge in [0.25, 0.3) is 0 Å². The summed E-state index contributed by atoms with van der Waals surface area (Å²) in [6.45, 7) is 4.00. The van der Waals surface area contributed by atoms with Crippen LogP contribution in [0.25, 0.3) is 0 Å².